The highest BCUT2D eigenvalue weighted by Crippen LogP contribution is 2.25. The van der Waals surface area contributed by atoms with Crippen molar-refractivity contribution in [1.82, 2.24) is 0 Å². The number of thioether (sulfide) groups is 1. The van der Waals surface area contributed by atoms with Crippen molar-refractivity contribution < 1.29 is 14.3 Å². The first-order chi connectivity index (χ1) is 9.08. The number of rotatable bonds is 5. The highest BCUT2D eigenvalue weighted by atomic mass is 35.5. The summed E-state index contributed by atoms with van der Waals surface area (Å²) in [7, 11) is 0. The molecule has 0 spiro atoms. The van der Waals surface area contributed by atoms with Crippen LogP contribution >= 0.6 is 23.4 Å². The van der Waals surface area contributed by atoms with Gasteiger partial charge in [0.1, 0.15) is 5.76 Å². The Hall–Kier alpha value is -1.39. The molecule has 2 rings (SSSR count). The molecule has 0 saturated heterocycles. The number of benzene rings is 1. The van der Waals surface area contributed by atoms with E-state index in [1.807, 2.05) is 24.3 Å². The van der Waals surface area contributed by atoms with Gasteiger partial charge < -0.3 is 9.52 Å². The molecule has 0 aliphatic carbocycles. The normalized spacial score (nSPS) is 10.6. The maximum atomic E-state index is 10.8. The molecule has 0 unspecified atom stereocenters. The van der Waals surface area contributed by atoms with Crippen LogP contribution in [0.2, 0.25) is 5.02 Å². The lowest BCUT2D eigenvalue weighted by atomic mass is 10.2. The fraction of sp³-hybridized carbons (Fsp3) is 0.214. The molecule has 5 heteroatoms. The fourth-order valence-corrected chi connectivity index (χ4v) is 3.02. The van der Waals surface area contributed by atoms with E-state index in [4.69, 9.17) is 21.1 Å². The molecule has 1 N–H and O–H groups in total. The lowest BCUT2D eigenvalue weighted by molar-refractivity contribution is 0.0661. The van der Waals surface area contributed by atoms with Gasteiger partial charge in [-0.3, -0.25) is 0 Å². The number of hydrogen-bond donors (Lipinski definition) is 1. The zero-order valence-corrected chi connectivity index (χ0v) is 11.9. The summed E-state index contributed by atoms with van der Waals surface area (Å²) in [5, 5.41) is 9.60. The topological polar surface area (TPSA) is 50.4 Å². The second-order valence-corrected chi connectivity index (χ2v) is 5.47. The standard InChI is InChI=1S/C14H13ClO3S/c1-9-11(6-13(18-9)14(16)17)8-19-7-10-4-2-3-5-12(10)15/h2-6H,7-8H2,1H3,(H,16,17). The Kier molecular flexibility index (Phi) is 4.56. The summed E-state index contributed by atoms with van der Waals surface area (Å²) in [5.41, 5.74) is 1.99. The van der Waals surface area contributed by atoms with E-state index in [2.05, 4.69) is 0 Å². The van der Waals surface area contributed by atoms with Crippen LogP contribution in [0, 0.1) is 6.92 Å². The largest absolute Gasteiger partial charge is 0.475 e. The van der Waals surface area contributed by atoms with Crippen LogP contribution < -0.4 is 0 Å². The zero-order valence-electron chi connectivity index (χ0n) is 10.4. The fourth-order valence-electron chi connectivity index (χ4n) is 1.65. The molecule has 0 bridgehead atoms. The molecule has 0 fully saturated rings. The highest BCUT2D eigenvalue weighted by molar-refractivity contribution is 7.97. The van der Waals surface area contributed by atoms with E-state index >= 15 is 0 Å². The molecule has 2 aromatic rings. The third-order valence-electron chi connectivity index (χ3n) is 2.70. The van der Waals surface area contributed by atoms with Crippen molar-refractivity contribution >= 4 is 29.3 Å². The second kappa shape index (κ2) is 6.17. The molecule has 19 heavy (non-hydrogen) atoms. The second-order valence-electron chi connectivity index (χ2n) is 4.08. The average Bonchev–Trinajstić information content (AvgIpc) is 2.74. The third kappa shape index (κ3) is 3.55. The molecule has 3 nitrogen and oxygen atoms in total. The first-order valence-electron chi connectivity index (χ1n) is 5.71. The molecule has 0 aliphatic rings. The quantitative estimate of drug-likeness (QED) is 0.890. The van der Waals surface area contributed by atoms with Gasteiger partial charge in [-0.15, -0.1) is 0 Å². The summed E-state index contributed by atoms with van der Waals surface area (Å²) in [6.45, 7) is 1.78. The number of halogens is 1. The lowest BCUT2D eigenvalue weighted by Crippen LogP contribution is -1.91. The predicted octanol–water partition coefficient (Wildman–Crippen LogP) is 4.37. The number of carbonyl (C=O) groups is 1. The Labute approximate surface area is 120 Å². The molecular weight excluding hydrogens is 284 g/mol. The monoisotopic (exact) mass is 296 g/mol. The van der Waals surface area contributed by atoms with Crippen LogP contribution in [-0.2, 0) is 11.5 Å². The van der Waals surface area contributed by atoms with Crippen LogP contribution in [0.25, 0.3) is 0 Å². The van der Waals surface area contributed by atoms with Crippen LogP contribution in [-0.4, -0.2) is 11.1 Å². The molecule has 0 amide bonds. The molecule has 100 valence electrons. The summed E-state index contributed by atoms with van der Waals surface area (Å²) in [6, 6.07) is 9.28. The summed E-state index contributed by atoms with van der Waals surface area (Å²) >= 11 is 7.75. The van der Waals surface area contributed by atoms with E-state index in [0.717, 1.165) is 21.9 Å². The SMILES string of the molecule is Cc1oc(C(=O)O)cc1CSCc1ccccc1Cl. The van der Waals surface area contributed by atoms with E-state index in [1.54, 1.807) is 24.8 Å². The van der Waals surface area contributed by atoms with Gasteiger partial charge in [-0.05, 0) is 24.6 Å². The van der Waals surface area contributed by atoms with E-state index in [9.17, 15) is 4.79 Å². The maximum absolute atomic E-state index is 10.8. The van der Waals surface area contributed by atoms with Gasteiger partial charge in [-0.25, -0.2) is 4.79 Å². The minimum Gasteiger partial charge on any atom is -0.475 e. The Morgan fingerprint density at radius 2 is 2.00 bits per heavy atom. The van der Waals surface area contributed by atoms with Crippen molar-refractivity contribution in [3.63, 3.8) is 0 Å². The number of aromatic carboxylic acids is 1. The lowest BCUT2D eigenvalue weighted by Gasteiger charge is -2.03. The minimum atomic E-state index is -1.04. The number of carboxylic acids is 1. The van der Waals surface area contributed by atoms with Gasteiger partial charge >= 0.3 is 5.97 Å². The zero-order chi connectivity index (χ0) is 13.8. The summed E-state index contributed by atoms with van der Waals surface area (Å²) in [4.78, 5) is 10.8. The van der Waals surface area contributed by atoms with Gasteiger partial charge in [-0.2, -0.15) is 11.8 Å². The summed E-state index contributed by atoms with van der Waals surface area (Å²) < 4.78 is 5.16. The van der Waals surface area contributed by atoms with Gasteiger partial charge in [0, 0.05) is 22.1 Å². The Morgan fingerprint density at radius 1 is 1.32 bits per heavy atom. The van der Waals surface area contributed by atoms with Crippen molar-refractivity contribution in [3.8, 4) is 0 Å². The van der Waals surface area contributed by atoms with Crippen LogP contribution in [0.4, 0.5) is 0 Å². The average molecular weight is 297 g/mol. The third-order valence-corrected chi connectivity index (χ3v) is 4.10. The van der Waals surface area contributed by atoms with Crippen molar-refractivity contribution in [3.05, 3.63) is 58.0 Å². The number of hydrogen-bond acceptors (Lipinski definition) is 3. The smallest absolute Gasteiger partial charge is 0.371 e. The summed E-state index contributed by atoms with van der Waals surface area (Å²) in [5.74, 6) is 1.10. The highest BCUT2D eigenvalue weighted by Gasteiger charge is 2.13. The first-order valence-corrected chi connectivity index (χ1v) is 7.25. The number of furan rings is 1. The van der Waals surface area contributed by atoms with Gasteiger partial charge in [0.05, 0.1) is 0 Å². The molecule has 0 aliphatic heterocycles. The Balaban J connectivity index is 1.96. The Bertz CT molecular complexity index is 592. The van der Waals surface area contributed by atoms with Crippen molar-refractivity contribution in [2.75, 3.05) is 0 Å². The van der Waals surface area contributed by atoms with Gasteiger partial charge in [-0.1, -0.05) is 29.8 Å². The van der Waals surface area contributed by atoms with E-state index in [-0.39, 0.29) is 5.76 Å². The molecular formula is C14H13ClO3S. The molecule has 0 atom stereocenters. The van der Waals surface area contributed by atoms with Gasteiger partial charge in [0.15, 0.2) is 0 Å². The molecule has 1 heterocycles. The van der Waals surface area contributed by atoms with Crippen molar-refractivity contribution in [1.29, 1.82) is 0 Å². The van der Waals surface area contributed by atoms with Gasteiger partial charge in [0.2, 0.25) is 5.76 Å². The number of aryl methyl sites for hydroxylation is 1. The molecule has 1 aromatic heterocycles. The van der Waals surface area contributed by atoms with Gasteiger partial charge in [0.25, 0.3) is 0 Å². The Morgan fingerprint density at radius 3 is 2.63 bits per heavy atom. The molecule has 0 saturated carbocycles. The van der Waals surface area contributed by atoms with Crippen molar-refractivity contribution in [2.24, 2.45) is 0 Å². The van der Waals surface area contributed by atoms with Crippen LogP contribution in [0.1, 0.15) is 27.4 Å². The maximum Gasteiger partial charge on any atom is 0.371 e. The van der Waals surface area contributed by atoms with Crippen LogP contribution in [0.15, 0.2) is 34.7 Å². The van der Waals surface area contributed by atoms with E-state index in [1.165, 1.54) is 0 Å². The van der Waals surface area contributed by atoms with Crippen LogP contribution in [0.3, 0.4) is 0 Å². The molecule has 1 aromatic carbocycles. The van der Waals surface area contributed by atoms with E-state index in [0.29, 0.717) is 11.5 Å². The number of carboxylic acid groups (broad SMARTS) is 1. The van der Waals surface area contributed by atoms with Crippen molar-refractivity contribution in [2.45, 2.75) is 18.4 Å². The minimum absolute atomic E-state index is 0.00848. The first kappa shape index (κ1) is 14.0. The predicted molar refractivity (Wildman–Crippen MR) is 76.9 cm³/mol. The van der Waals surface area contributed by atoms with E-state index < -0.39 is 5.97 Å². The van der Waals surface area contributed by atoms with Crippen LogP contribution in [0.5, 0.6) is 0 Å². The summed E-state index contributed by atoms with van der Waals surface area (Å²) in [6.07, 6.45) is 0. The molecule has 0 radical (unpaired) electrons.